The Kier molecular flexibility index (Phi) is 4.21. The third-order valence-corrected chi connectivity index (χ3v) is 3.50. The molecule has 3 nitrogen and oxygen atoms in total. The Morgan fingerprint density at radius 1 is 1.04 bits per heavy atom. The van der Waals surface area contributed by atoms with Crippen LogP contribution in [0, 0.1) is 11.6 Å². The Morgan fingerprint density at radius 2 is 1.78 bits per heavy atom. The van der Waals surface area contributed by atoms with Crippen LogP contribution in [0.3, 0.4) is 0 Å². The second kappa shape index (κ2) is 6.30. The first kappa shape index (κ1) is 15.4. The molecule has 0 saturated carbocycles. The minimum absolute atomic E-state index is 0.0322. The summed E-state index contributed by atoms with van der Waals surface area (Å²) in [6.45, 7) is 0.0322. The molecule has 3 aromatic rings. The highest BCUT2D eigenvalue weighted by atomic mass is 35.5. The first-order valence-electron chi connectivity index (χ1n) is 6.81. The lowest BCUT2D eigenvalue weighted by molar-refractivity contribution is 0.0951. The van der Waals surface area contributed by atoms with Crippen molar-refractivity contribution in [2.75, 3.05) is 0 Å². The third-order valence-electron chi connectivity index (χ3n) is 3.29. The summed E-state index contributed by atoms with van der Waals surface area (Å²) in [7, 11) is 0. The third kappa shape index (κ3) is 3.63. The van der Waals surface area contributed by atoms with Crippen molar-refractivity contribution in [3.05, 3.63) is 76.4 Å². The normalized spacial score (nSPS) is 10.7. The van der Waals surface area contributed by atoms with Gasteiger partial charge in [0.05, 0.1) is 5.52 Å². The monoisotopic (exact) mass is 332 g/mol. The molecule has 0 aliphatic heterocycles. The minimum Gasteiger partial charge on any atom is -0.348 e. The SMILES string of the molecule is O=C(NCc1cc(F)cc(F)c1)c1ccc2nc(Cl)ccc2c1. The topological polar surface area (TPSA) is 42.0 Å². The van der Waals surface area contributed by atoms with Crippen LogP contribution in [-0.2, 0) is 6.54 Å². The van der Waals surface area contributed by atoms with Gasteiger partial charge in [-0.15, -0.1) is 0 Å². The fourth-order valence-electron chi connectivity index (χ4n) is 2.24. The lowest BCUT2D eigenvalue weighted by atomic mass is 10.1. The van der Waals surface area contributed by atoms with Gasteiger partial charge >= 0.3 is 0 Å². The molecule has 1 N–H and O–H groups in total. The van der Waals surface area contributed by atoms with Gasteiger partial charge in [-0.3, -0.25) is 4.79 Å². The number of amides is 1. The minimum atomic E-state index is -0.678. The van der Waals surface area contributed by atoms with Gasteiger partial charge in [-0.05, 0) is 48.0 Å². The lowest BCUT2D eigenvalue weighted by Crippen LogP contribution is -2.22. The number of rotatable bonds is 3. The van der Waals surface area contributed by atoms with Crippen LogP contribution in [0.15, 0.2) is 48.5 Å². The molecule has 2 aromatic carbocycles. The molecule has 3 rings (SSSR count). The van der Waals surface area contributed by atoms with E-state index >= 15 is 0 Å². The fraction of sp³-hybridized carbons (Fsp3) is 0.0588. The molecule has 0 saturated heterocycles. The molecular formula is C17H11ClF2N2O. The van der Waals surface area contributed by atoms with E-state index in [0.29, 0.717) is 21.8 Å². The van der Waals surface area contributed by atoms with E-state index in [4.69, 9.17) is 11.6 Å². The van der Waals surface area contributed by atoms with E-state index in [1.165, 1.54) is 12.1 Å². The zero-order valence-corrected chi connectivity index (χ0v) is 12.6. The van der Waals surface area contributed by atoms with Crippen LogP contribution in [0.5, 0.6) is 0 Å². The van der Waals surface area contributed by atoms with Gasteiger partial charge in [-0.1, -0.05) is 11.6 Å². The maximum absolute atomic E-state index is 13.1. The largest absolute Gasteiger partial charge is 0.348 e. The van der Waals surface area contributed by atoms with E-state index in [1.807, 2.05) is 0 Å². The maximum Gasteiger partial charge on any atom is 0.251 e. The van der Waals surface area contributed by atoms with Gasteiger partial charge in [-0.25, -0.2) is 13.8 Å². The number of hydrogen-bond acceptors (Lipinski definition) is 2. The molecule has 0 unspecified atom stereocenters. The number of aromatic nitrogens is 1. The van der Waals surface area contributed by atoms with E-state index in [9.17, 15) is 13.6 Å². The highest BCUT2D eigenvalue weighted by Crippen LogP contribution is 2.17. The van der Waals surface area contributed by atoms with Crippen molar-refractivity contribution >= 4 is 28.4 Å². The Balaban J connectivity index is 1.76. The van der Waals surface area contributed by atoms with Gasteiger partial charge < -0.3 is 5.32 Å². The van der Waals surface area contributed by atoms with E-state index in [2.05, 4.69) is 10.3 Å². The van der Waals surface area contributed by atoms with Crippen molar-refractivity contribution in [3.8, 4) is 0 Å². The molecule has 0 spiro atoms. The van der Waals surface area contributed by atoms with Crippen molar-refractivity contribution < 1.29 is 13.6 Å². The first-order chi connectivity index (χ1) is 11.0. The summed E-state index contributed by atoms with van der Waals surface area (Å²) in [6.07, 6.45) is 0. The number of fused-ring (bicyclic) bond motifs is 1. The van der Waals surface area contributed by atoms with Crippen molar-refractivity contribution in [1.82, 2.24) is 10.3 Å². The van der Waals surface area contributed by atoms with E-state index in [-0.39, 0.29) is 12.5 Å². The number of hydrogen-bond donors (Lipinski definition) is 1. The van der Waals surface area contributed by atoms with Crippen LogP contribution in [-0.4, -0.2) is 10.9 Å². The Bertz CT molecular complexity index is 879. The number of pyridine rings is 1. The van der Waals surface area contributed by atoms with Gasteiger partial charge in [0.15, 0.2) is 0 Å². The zero-order chi connectivity index (χ0) is 16.4. The van der Waals surface area contributed by atoms with Crippen molar-refractivity contribution in [3.63, 3.8) is 0 Å². The van der Waals surface area contributed by atoms with Crippen LogP contribution in [0.1, 0.15) is 15.9 Å². The quantitative estimate of drug-likeness (QED) is 0.734. The summed E-state index contributed by atoms with van der Waals surface area (Å²) in [5.74, 6) is -1.70. The van der Waals surface area contributed by atoms with Crippen LogP contribution in [0.4, 0.5) is 8.78 Å². The highest BCUT2D eigenvalue weighted by Gasteiger charge is 2.08. The Morgan fingerprint density at radius 3 is 2.52 bits per heavy atom. The van der Waals surface area contributed by atoms with Crippen LogP contribution in [0.25, 0.3) is 10.9 Å². The second-order valence-electron chi connectivity index (χ2n) is 5.00. The molecule has 1 heterocycles. The van der Waals surface area contributed by atoms with Gasteiger partial charge in [0, 0.05) is 23.6 Å². The Hall–Kier alpha value is -2.53. The molecule has 0 radical (unpaired) electrons. The predicted octanol–water partition coefficient (Wildman–Crippen LogP) is 4.10. The number of halogens is 3. The first-order valence-corrected chi connectivity index (χ1v) is 7.18. The van der Waals surface area contributed by atoms with Crippen LogP contribution < -0.4 is 5.32 Å². The lowest BCUT2D eigenvalue weighted by Gasteiger charge is -2.07. The van der Waals surface area contributed by atoms with Crippen LogP contribution in [0.2, 0.25) is 5.15 Å². The predicted molar refractivity (Wildman–Crippen MR) is 84.3 cm³/mol. The number of nitrogens with one attached hydrogen (secondary N) is 1. The van der Waals surface area contributed by atoms with Crippen LogP contribution >= 0.6 is 11.6 Å². The number of carbonyl (C=O) groups excluding carboxylic acids is 1. The number of nitrogens with zero attached hydrogens (tertiary/aromatic N) is 1. The molecule has 6 heteroatoms. The molecular weight excluding hydrogens is 322 g/mol. The molecule has 0 atom stereocenters. The molecule has 116 valence electrons. The average molecular weight is 333 g/mol. The summed E-state index contributed by atoms with van der Waals surface area (Å²) < 4.78 is 26.2. The Labute approximate surface area is 135 Å². The van der Waals surface area contributed by atoms with Crippen molar-refractivity contribution in [1.29, 1.82) is 0 Å². The molecule has 1 amide bonds. The molecule has 0 bridgehead atoms. The van der Waals surface area contributed by atoms with E-state index in [0.717, 1.165) is 11.5 Å². The van der Waals surface area contributed by atoms with Crippen molar-refractivity contribution in [2.24, 2.45) is 0 Å². The highest BCUT2D eigenvalue weighted by molar-refractivity contribution is 6.29. The second-order valence-corrected chi connectivity index (χ2v) is 5.39. The van der Waals surface area contributed by atoms with E-state index < -0.39 is 11.6 Å². The number of benzene rings is 2. The molecule has 1 aromatic heterocycles. The summed E-state index contributed by atoms with van der Waals surface area (Å²) in [5, 5.41) is 3.78. The summed E-state index contributed by atoms with van der Waals surface area (Å²) in [5.41, 5.74) is 1.46. The smallest absolute Gasteiger partial charge is 0.251 e. The average Bonchev–Trinajstić information content (AvgIpc) is 2.51. The van der Waals surface area contributed by atoms with Gasteiger partial charge in [0.1, 0.15) is 16.8 Å². The van der Waals surface area contributed by atoms with E-state index in [1.54, 1.807) is 30.3 Å². The maximum atomic E-state index is 13.1. The summed E-state index contributed by atoms with van der Waals surface area (Å²) in [4.78, 5) is 16.3. The number of carbonyl (C=O) groups is 1. The zero-order valence-electron chi connectivity index (χ0n) is 11.8. The summed E-state index contributed by atoms with van der Waals surface area (Å²) in [6, 6.07) is 11.5. The molecule has 0 fully saturated rings. The van der Waals surface area contributed by atoms with Gasteiger partial charge in [-0.2, -0.15) is 0 Å². The molecule has 0 aliphatic carbocycles. The standard InChI is InChI=1S/C17H11ClF2N2O/c18-16-4-2-11-7-12(1-3-15(11)22-16)17(23)21-9-10-5-13(19)8-14(20)6-10/h1-8H,9H2,(H,21,23). The fourth-order valence-corrected chi connectivity index (χ4v) is 2.39. The van der Waals surface area contributed by atoms with Gasteiger partial charge in [0.2, 0.25) is 0 Å². The molecule has 23 heavy (non-hydrogen) atoms. The summed E-state index contributed by atoms with van der Waals surface area (Å²) >= 11 is 5.81. The molecule has 0 aliphatic rings. The van der Waals surface area contributed by atoms with Crippen molar-refractivity contribution in [2.45, 2.75) is 6.54 Å². The van der Waals surface area contributed by atoms with Gasteiger partial charge in [0.25, 0.3) is 5.91 Å².